The Labute approximate surface area is 139 Å². The monoisotopic (exact) mass is 326 g/mol. The Morgan fingerprint density at radius 1 is 1.17 bits per heavy atom. The van der Waals surface area contributed by atoms with Crippen molar-refractivity contribution in [1.29, 1.82) is 0 Å². The summed E-state index contributed by atoms with van der Waals surface area (Å²) in [7, 11) is 0. The highest BCUT2D eigenvalue weighted by Crippen LogP contribution is 2.22. The molecule has 0 bridgehead atoms. The second kappa shape index (κ2) is 8.11. The summed E-state index contributed by atoms with van der Waals surface area (Å²) in [6.45, 7) is 11.1. The van der Waals surface area contributed by atoms with Gasteiger partial charge < -0.3 is 14.4 Å². The smallest absolute Gasteiger partial charge is 0.309 e. The third-order valence-electron chi connectivity index (χ3n) is 4.79. The van der Waals surface area contributed by atoms with Crippen LogP contribution in [0.25, 0.3) is 0 Å². The Balaban J connectivity index is 1.85. The Morgan fingerprint density at radius 3 is 2.26 bits per heavy atom. The fraction of sp³-hybridized carbons (Fsp3) is 0.882. The molecule has 2 rings (SSSR count). The minimum atomic E-state index is -0.143. The molecular formula is C17H30N2O4. The standard InChI is InChI=1S/C17H30N2O4/c1-5-22-17(21)15-6-8-18(9-7-15)14(4)16(20)19-10-12(2)23-13(3)11-19/h12-15H,5-11H2,1-4H3. The van der Waals surface area contributed by atoms with Crippen LogP contribution in [0.5, 0.6) is 0 Å². The summed E-state index contributed by atoms with van der Waals surface area (Å²) in [6.07, 6.45) is 1.72. The molecule has 3 unspecified atom stereocenters. The van der Waals surface area contributed by atoms with Crippen LogP contribution in [0.3, 0.4) is 0 Å². The third-order valence-corrected chi connectivity index (χ3v) is 4.79. The maximum absolute atomic E-state index is 12.7. The van der Waals surface area contributed by atoms with E-state index in [1.54, 1.807) is 0 Å². The number of piperidine rings is 1. The zero-order valence-electron chi connectivity index (χ0n) is 14.8. The zero-order valence-corrected chi connectivity index (χ0v) is 14.8. The zero-order chi connectivity index (χ0) is 17.0. The van der Waals surface area contributed by atoms with E-state index in [0.717, 1.165) is 25.9 Å². The lowest BCUT2D eigenvalue weighted by Crippen LogP contribution is -2.55. The molecule has 0 aliphatic carbocycles. The lowest BCUT2D eigenvalue weighted by molar-refractivity contribution is -0.151. The number of morpholine rings is 1. The summed E-state index contributed by atoms with van der Waals surface area (Å²) >= 11 is 0. The van der Waals surface area contributed by atoms with Gasteiger partial charge in [-0.25, -0.2) is 0 Å². The summed E-state index contributed by atoms with van der Waals surface area (Å²) in [5, 5.41) is 0. The number of rotatable bonds is 4. The van der Waals surface area contributed by atoms with Crippen LogP contribution < -0.4 is 0 Å². The van der Waals surface area contributed by atoms with Crippen molar-refractivity contribution < 1.29 is 19.1 Å². The van der Waals surface area contributed by atoms with E-state index in [2.05, 4.69) is 4.90 Å². The van der Waals surface area contributed by atoms with E-state index in [9.17, 15) is 9.59 Å². The van der Waals surface area contributed by atoms with Crippen molar-refractivity contribution in [3.05, 3.63) is 0 Å². The van der Waals surface area contributed by atoms with Gasteiger partial charge in [0.15, 0.2) is 0 Å². The molecule has 2 fully saturated rings. The average molecular weight is 326 g/mol. The first-order chi connectivity index (χ1) is 10.9. The van der Waals surface area contributed by atoms with Gasteiger partial charge in [-0.1, -0.05) is 0 Å². The number of esters is 1. The number of ether oxygens (including phenoxy) is 2. The molecule has 0 aromatic rings. The number of carbonyl (C=O) groups is 2. The van der Waals surface area contributed by atoms with E-state index >= 15 is 0 Å². The van der Waals surface area contributed by atoms with E-state index in [-0.39, 0.29) is 36.0 Å². The quantitative estimate of drug-likeness (QED) is 0.729. The molecule has 2 aliphatic rings. The second-order valence-corrected chi connectivity index (χ2v) is 6.74. The molecule has 1 amide bonds. The summed E-state index contributed by atoms with van der Waals surface area (Å²) in [5.74, 6) is 0.0560. The van der Waals surface area contributed by atoms with E-state index in [4.69, 9.17) is 9.47 Å². The van der Waals surface area contributed by atoms with E-state index in [1.165, 1.54) is 0 Å². The van der Waals surface area contributed by atoms with Crippen LogP contribution in [0.15, 0.2) is 0 Å². The Morgan fingerprint density at radius 2 is 1.74 bits per heavy atom. The van der Waals surface area contributed by atoms with E-state index in [0.29, 0.717) is 19.7 Å². The molecule has 0 radical (unpaired) electrons. The molecule has 2 heterocycles. The van der Waals surface area contributed by atoms with Gasteiger partial charge in [-0.05, 0) is 53.6 Å². The predicted octanol–water partition coefficient (Wildman–Crippen LogP) is 1.29. The molecule has 2 aliphatic heterocycles. The molecule has 0 spiro atoms. The first-order valence-electron chi connectivity index (χ1n) is 8.77. The number of hydrogen-bond acceptors (Lipinski definition) is 5. The molecule has 6 nitrogen and oxygen atoms in total. The van der Waals surface area contributed by atoms with Gasteiger partial charge in [0.25, 0.3) is 0 Å². The normalized spacial score (nSPS) is 28.4. The molecule has 2 saturated heterocycles. The van der Waals surface area contributed by atoms with Crippen molar-refractivity contribution in [2.75, 3.05) is 32.8 Å². The lowest BCUT2D eigenvalue weighted by Gasteiger charge is -2.40. The highest BCUT2D eigenvalue weighted by molar-refractivity contribution is 5.81. The van der Waals surface area contributed by atoms with Crippen molar-refractivity contribution in [1.82, 2.24) is 9.80 Å². The Hall–Kier alpha value is -1.14. The number of likely N-dealkylation sites (tertiary alicyclic amines) is 1. The average Bonchev–Trinajstić information content (AvgIpc) is 2.53. The molecule has 23 heavy (non-hydrogen) atoms. The van der Waals surface area contributed by atoms with Crippen molar-refractivity contribution in [2.24, 2.45) is 5.92 Å². The molecule has 0 saturated carbocycles. The van der Waals surface area contributed by atoms with Crippen LogP contribution in [0.2, 0.25) is 0 Å². The van der Waals surface area contributed by atoms with Gasteiger partial charge in [-0.2, -0.15) is 0 Å². The molecule has 0 aromatic heterocycles. The fourth-order valence-corrected chi connectivity index (χ4v) is 3.56. The van der Waals surface area contributed by atoms with Crippen LogP contribution in [0, 0.1) is 5.92 Å². The number of carbonyl (C=O) groups excluding carboxylic acids is 2. The fourth-order valence-electron chi connectivity index (χ4n) is 3.56. The van der Waals surface area contributed by atoms with Gasteiger partial charge in [-0.15, -0.1) is 0 Å². The van der Waals surface area contributed by atoms with Gasteiger partial charge in [0.05, 0.1) is 30.8 Å². The Bertz CT molecular complexity index is 411. The summed E-state index contributed by atoms with van der Waals surface area (Å²) in [6, 6.07) is -0.143. The van der Waals surface area contributed by atoms with Crippen LogP contribution in [-0.4, -0.2) is 72.7 Å². The maximum atomic E-state index is 12.7. The van der Waals surface area contributed by atoms with Gasteiger partial charge in [0.2, 0.25) is 5.91 Å². The summed E-state index contributed by atoms with van der Waals surface area (Å²) in [4.78, 5) is 28.6. The van der Waals surface area contributed by atoms with Crippen LogP contribution in [0.1, 0.15) is 40.5 Å². The summed E-state index contributed by atoms with van der Waals surface area (Å²) in [5.41, 5.74) is 0. The minimum Gasteiger partial charge on any atom is -0.466 e. The second-order valence-electron chi connectivity index (χ2n) is 6.74. The van der Waals surface area contributed by atoms with Crippen LogP contribution in [-0.2, 0) is 19.1 Å². The first kappa shape index (κ1) is 18.2. The van der Waals surface area contributed by atoms with Crippen molar-refractivity contribution in [2.45, 2.75) is 58.8 Å². The number of nitrogens with zero attached hydrogens (tertiary/aromatic N) is 2. The largest absolute Gasteiger partial charge is 0.466 e. The predicted molar refractivity (Wildman–Crippen MR) is 87.0 cm³/mol. The highest BCUT2D eigenvalue weighted by Gasteiger charge is 2.34. The molecule has 0 aromatic carbocycles. The van der Waals surface area contributed by atoms with E-state index in [1.807, 2.05) is 32.6 Å². The Kier molecular flexibility index (Phi) is 6.41. The maximum Gasteiger partial charge on any atom is 0.309 e. The molecular weight excluding hydrogens is 296 g/mol. The minimum absolute atomic E-state index is 0.0167. The summed E-state index contributed by atoms with van der Waals surface area (Å²) < 4.78 is 10.8. The van der Waals surface area contributed by atoms with Crippen molar-refractivity contribution in [3.8, 4) is 0 Å². The number of hydrogen-bond donors (Lipinski definition) is 0. The molecule has 132 valence electrons. The molecule has 0 N–H and O–H groups in total. The van der Waals surface area contributed by atoms with Gasteiger partial charge in [0, 0.05) is 13.1 Å². The lowest BCUT2D eigenvalue weighted by atomic mass is 9.96. The topological polar surface area (TPSA) is 59.1 Å². The third kappa shape index (κ3) is 4.67. The van der Waals surface area contributed by atoms with Crippen LogP contribution in [0.4, 0.5) is 0 Å². The highest BCUT2D eigenvalue weighted by atomic mass is 16.5. The van der Waals surface area contributed by atoms with Gasteiger partial charge in [-0.3, -0.25) is 14.5 Å². The van der Waals surface area contributed by atoms with Crippen LogP contribution >= 0.6 is 0 Å². The molecule has 6 heteroatoms. The first-order valence-corrected chi connectivity index (χ1v) is 8.77. The molecule has 3 atom stereocenters. The van der Waals surface area contributed by atoms with E-state index < -0.39 is 0 Å². The number of amides is 1. The van der Waals surface area contributed by atoms with Crippen molar-refractivity contribution in [3.63, 3.8) is 0 Å². The van der Waals surface area contributed by atoms with Gasteiger partial charge >= 0.3 is 5.97 Å². The van der Waals surface area contributed by atoms with Gasteiger partial charge in [0.1, 0.15) is 0 Å². The van der Waals surface area contributed by atoms with Crippen molar-refractivity contribution >= 4 is 11.9 Å². The SMILES string of the molecule is CCOC(=O)C1CCN(C(C)C(=O)N2CC(C)OC(C)C2)CC1.